The van der Waals surface area contributed by atoms with Crippen LogP contribution in [0.5, 0.6) is 0 Å². The van der Waals surface area contributed by atoms with Crippen molar-refractivity contribution in [2.75, 3.05) is 13.1 Å². The van der Waals surface area contributed by atoms with Crippen LogP contribution < -0.4 is 5.32 Å². The minimum Gasteiger partial charge on any atom is -0.369 e. The van der Waals surface area contributed by atoms with E-state index in [1.54, 1.807) is 0 Å². The summed E-state index contributed by atoms with van der Waals surface area (Å²) in [6.45, 7) is 0.941. The molecule has 0 atom stereocenters. The van der Waals surface area contributed by atoms with Gasteiger partial charge in [0.2, 0.25) is 0 Å². The molecule has 6 nitrogen and oxygen atoms in total. The molecule has 0 spiro atoms. The molecule has 0 saturated heterocycles. The van der Waals surface area contributed by atoms with Gasteiger partial charge in [0.1, 0.15) is 12.2 Å². The average molecular weight is 660 g/mol. The topological polar surface area (TPSA) is 82.5 Å². The zero-order valence-electron chi connectivity index (χ0n) is 20.9. The van der Waals surface area contributed by atoms with Gasteiger partial charge >= 0.3 is 18.5 Å². The van der Waals surface area contributed by atoms with Crippen LogP contribution in [-0.2, 0) is 5.60 Å². The van der Waals surface area contributed by atoms with Crippen molar-refractivity contribution in [1.29, 1.82) is 0 Å². The fourth-order valence-electron chi connectivity index (χ4n) is 4.18. The molecular formula is C23H20Cl2F9N3O3S. The summed E-state index contributed by atoms with van der Waals surface area (Å²) in [5, 5.41) is 9.56. The van der Waals surface area contributed by atoms with E-state index in [4.69, 9.17) is 23.2 Å². The molecule has 18 heteroatoms. The van der Waals surface area contributed by atoms with Crippen LogP contribution in [0.1, 0.15) is 52.5 Å². The summed E-state index contributed by atoms with van der Waals surface area (Å²) in [7, 11) is 0. The van der Waals surface area contributed by atoms with E-state index in [-0.39, 0.29) is 12.1 Å². The van der Waals surface area contributed by atoms with Crippen LogP contribution in [-0.4, -0.2) is 64.5 Å². The Morgan fingerprint density at radius 2 is 1.61 bits per heavy atom. The van der Waals surface area contributed by atoms with Crippen LogP contribution in [0.4, 0.5) is 39.5 Å². The number of carbonyl (C=O) groups excluding carboxylic acids is 2. The van der Waals surface area contributed by atoms with Crippen molar-refractivity contribution in [1.82, 2.24) is 15.2 Å². The highest BCUT2D eigenvalue weighted by molar-refractivity contribution is 7.17. The summed E-state index contributed by atoms with van der Waals surface area (Å²) in [6, 6.07) is 0.480. The molecule has 228 valence electrons. The van der Waals surface area contributed by atoms with Crippen molar-refractivity contribution in [2.24, 2.45) is 5.92 Å². The Labute approximate surface area is 240 Å². The van der Waals surface area contributed by atoms with Gasteiger partial charge in [-0.2, -0.15) is 39.5 Å². The SMILES string of the molecule is CCN(CC(F)(F)F)C(=O)c1nc(C(=O)NC2CC(C)C2)sc1-c1ccc(C(O)(C(F)(F)F)C(F)(F)F)c(Cl)c1Cl. The average Bonchev–Trinajstić information content (AvgIpc) is 3.25. The van der Waals surface area contributed by atoms with Gasteiger partial charge in [-0.1, -0.05) is 42.3 Å². The molecule has 1 aromatic heterocycles. The Morgan fingerprint density at radius 3 is 2.07 bits per heavy atom. The molecule has 1 fully saturated rings. The fraction of sp³-hybridized carbons (Fsp3) is 0.522. The monoisotopic (exact) mass is 659 g/mol. The van der Waals surface area contributed by atoms with E-state index in [1.807, 2.05) is 6.92 Å². The highest BCUT2D eigenvalue weighted by atomic mass is 35.5. The van der Waals surface area contributed by atoms with Crippen molar-refractivity contribution in [3.63, 3.8) is 0 Å². The zero-order chi connectivity index (χ0) is 31.3. The molecular weight excluding hydrogens is 640 g/mol. The number of nitrogens with zero attached hydrogens (tertiary/aromatic N) is 2. The van der Waals surface area contributed by atoms with Crippen molar-refractivity contribution < 1.29 is 54.2 Å². The van der Waals surface area contributed by atoms with Gasteiger partial charge in [-0.3, -0.25) is 9.59 Å². The molecule has 2 amide bonds. The number of carbonyl (C=O) groups is 2. The molecule has 41 heavy (non-hydrogen) atoms. The predicted molar refractivity (Wildman–Crippen MR) is 131 cm³/mol. The highest BCUT2D eigenvalue weighted by Crippen LogP contribution is 2.54. The Bertz CT molecular complexity index is 1310. The van der Waals surface area contributed by atoms with Crippen LogP contribution in [0.15, 0.2) is 12.1 Å². The number of alkyl halides is 9. The van der Waals surface area contributed by atoms with Crippen molar-refractivity contribution >= 4 is 46.4 Å². The van der Waals surface area contributed by atoms with Gasteiger partial charge in [0.25, 0.3) is 17.4 Å². The quantitative estimate of drug-likeness (QED) is 0.314. The molecule has 3 rings (SSSR count). The Balaban J connectivity index is 2.18. The van der Waals surface area contributed by atoms with Crippen LogP contribution in [0.2, 0.25) is 10.0 Å². The molecule has 1 aliphatic rings. The number of aromatic nitrogens is 1. The van der Waals surface area contributed by atoms with Gasteiger partial charge in [-0.15, -0.1) is 11.3 Å². The first-order valence-electron chi connectivity index (χ1n) is 11.6. The molecule has 0 aliphatic heterocycles. The number of rotatable bonds is 7. The number of halogens is 11. The first-order valence-corrected chi connectivity index (χ1v) is 13.2. The van der Waals surface area contributed by atoms with E-state index in [0.717, 1.165) is 0 Å². The smallest absolute Gasteiger partial charge is 0.369 e. The lowest BCUT2D eigenvalue weighted by Gasteiger charge is -2.33. The Morgan fingerprint density at radius 1 is 1.05 bits per heavy atom. The standard InChI is InChI=1S/C23H20Cl2F9N3O3S/c1-3-37(8-20(26,27)28)19(39)15-16(41-18(36-15)17(38)35-10-6-9(2)7-10)11-4-5-12(14(25)13(11)24)21(40,22(29,30)31)23(32,33)34/h4-5,9-10,40H,3,6-8H2,1-2H3,(H,35,38). The van der Waals surface area contributed by atoms with Crippen molar-refractivity contribution in [3.8, 4) is 10.4 Å². The van der Waals surface area contributed by atoms with E-state index < -0.39 is 85.8 Å². The van der Waals surface area contributed by atoms with E-state index in [9.17, 15) is 54.2 Å². The molecule has 2 N–H and O–H groups in total. The van der Waals surface area contributed by atoms with Crippen molar-refractivity contribution in [3.05, 3.63) is 38.4 Å². The third-order valence-corrected chi connectivity index (χ3v) is 8.28. The zero-order valence-corrected chi connectivity index (χ0v) is 23.2. The van der Waals surface area contributed by atoms with Crippen LogP contribution in [0.25, 0.3) is 10.4 Å². The maximum atomic E-state index is 13.4. The normalized spacial score (nSPS) is 18.2. The second kappa shape index (κ2) is 11.4. The lowest BCUT2D eigenvalue weighted by molar-refractivity contribution is -0.376. The van der Waals surface area contributed by atoms with E-state index in [2.05, 4.69) is 10.3 Å². The third kappa shape index (κ3) is 6.54. The molecule has 2 aromatic rings. The van der Waals surface area contributed by atoms with Gasteiger partial charge in [0.15, 0.2) is 5.01 Å². The maximum Gasteiger partial charge on any atom is 0.430 e. The predicted octanol–water partition coefficient (Wildman–Crippen LogP) is 6.98. The number of hydrogen-bond donors (Lipinski definition) is 2. The molecule has 0 bridgehead atoms. The maximum absolute atomic E-state index is 13.4. The number of benzene rings is 1. The molecule has 1 aliphatic carbocycles. The molecule has 1 saturated carbocycles. The minimum atomic E-state index is -6.30. The minimum absolute atomic E-state index is 0.168. The summed E-state index contributed by atoms with van der Waals surface area (Å²) < 4.78 is 120. The lowest BCUT2D eigenvalue weighted by atomic mass is 9.82. The molecule has 1 aromatic carbocycles. The van der Waals surface area contributed by atoms with E-state index in [1.165, 1.54) is 6.92 Å². The summed E-state index contributed by atoms with van der Waals surface area (Å²) in [5.41, 5.74) is -8.59. The van der Waals surface area contributed by atoms with Crippen LogP contribution in [0.3, 0.4) is 0 Å². The summed E-state index contributed by atoms with van der Waals surface area (Å²) >= 11 is 12.3. The van der Waals surface area contributed by atoms with Crippen LogP contribution >= 0.6 is 34.5 Å². The number of nitrogens with one attached hydrogen (secondary N) is 1. The van der Waals surface area contributed by atoms with Crippen LogP contribution in [0, 0.1) is 5.92 Å². The second-order valence-corrected chi connectivity index (χ2v) is 11.1. The molecule has 0 radical (unpaired) electrons. The van der Waals surface area contributed by atoms with E-state index in [0.29, 0.717) is 41.1 Å². The number of hydrogen-bond acceptors (Lipinski definition) is 5. The first kappa shape index (κ1) is 33.2. The Kier molecular flexibility index (Phi) is 9.24. The largest absolute Gasteiger partial charge is 0.430 e. The lowest BCUT2D eigenvalue weighted by Crippen LogP contribution is -2.54. The Hall–Kier alpha value is -2.30. The van der Waals surface area contributed by atoms with Gasteiger partial charge in [-0.25, -0.2) is 4.98 Å². The number of thiazole rings is 1. The first-order chi connectivity index (χ1) is 18.6. The third-order valence-electron chi connectivity index (χ3n) is 6.31. The number of amides is 2. The fourth-order valence-corrected chi connectivity index (χ4v) is 5.78. The van der Waals surface area contributed by atoms with Gasteiger partial charge < -0.3 is 15.3 Å². The van der Waals surface area contributed by atoms with Gasteiger partial charge in [-0.05, 0) is 25.7 Å². The summed E-state index contributed by atoms with van der Waals surface area (Å²) in [6.07, 6.45) is -16.2. The van der Waals surface area contributed by atoms with Gasteiger partial charge in [0.05, 0.1) is 14.9 Å². The molecule has 0 unspecified atom stereocenters. The van der Waals surface area contributed by atoms with E-state index >= 15 is 0 Å². The van der Waals surface area contributed by atoms with Crippen molar-refractivity contribution in [2.45, 2.75) is 56.9 Å². The summed E-state index contributed by atoms with van der Waals surface area (Å²) in [4.78, 5) is 29.7. The number of aliphatic hydroxyl groups is 1. The second-order valence-electron chi connectivity index (χ2n) is 9.37. The molecule has 1 heterocycles. The summed E-state index contributed by atoms with van der Waals surface area (Å²) in [5.74, 6) is -1.84. The highest BCUT2D eigenvalue weighted by Gasteiger charge is 2.72. The van der Waals surface area contributed by atoms with Gasteiger partial charge in [0, 0.05) is 23.7 Å².